The number of carboxylic acid groups (broad SMARTS) is 1. The zero-order chi connectivity index (χ0) is 19.8. The zero-order valence-corrected chi connectivity index (χ0v) is 15.5. The van der Waals surface area contributed by atoms with Gasteiger partial charge in [0.1, 0.15) is 0 Å². The van der Waals surface area contributed by atoms with Crippen molar-refractivity contribution in [1.29, 1.82) is 0 Å². The number of benzene rings is 4. The Morgan fingerprint density at radius 2 is 1.34 bits per heavy atom. The molecule has 2 N–H and O–H groups in total. The fourth-order valence-corrected chi connectivity index (χ4v) is 3.86. The van der Waals surface area contributed by atoms with E-state index in [4.69, 9.17) is 0 Å². The standard InChI is InChI=1S/C25H18N2O2/c28-25(29)21-12-1-4-13-22(21)26-17-8-7-9-18(16-17)27-23-14-5-2-10-19(23)20-11-3-6-15-24(20)27/h1-16,26H,(H,28,29). The Hall–Kier alpha value is -4.05. The van der Waals surface area contributed by atoms with Crippen molar-refractivity contribution in [3.8, 4) is 5.69 Å². The van der Waals surface area contributed by atoms with Crippen LogP contribution in [0.25, 0.3) is 27.5 Å². The highest BCUT2D eigenvalue weighted by Crippen LogP contribution is 2.32. The van der Waals surface area contributed by atoms with Gasteiger partial charge in [0.2, 0.25) is 0 Å². The number of carbonyl (C=O) groups is 1. The van der Waals surface area contributed by atoms with Gasteiger partial charge in [-0.05, 0) is 42.5 Å². The number of nitrogens with zero attached hydrogens (tertiary/aromatic N) is 1. The second kappa shape index (κ2) is 6.84. The largest absolute Gasteiger partial charge is 0.478 e. The summed E-state index contributed by atoms with van der Waals surface area (Å²) in [5.74, 6) is -0.952. The molecule has 0 aliphatic heterocycles. The van der Waals surface area contributed by atoms with Crippen molar-refractivity contribution in [2.45, 2.75) is 0 Å². The van der Waals surface area contributed by atoms with E-state index in [-0.39, 0.29) is 5.56 Å². The minimum atomic E-state index is -0.952. The van der Waals surface area contributed by atoms with Crippen molar-refractivity contribution in [1.82, 2.24) is 4.57 Å². The molecule has 0 aliphatic rings. The molecule has 1 heterocycles. The van der Waals surface area contributed by atoms with Crippen LogP contribution in [0, 0.1) is 0 Å². The van der Waals surface area contributed by atoms with Gasteiger partial charge in [-0.15, -0.1) is 0 Å². The monoisotopic (exact) mass is 378 g/mol. The lowest BCUT2D eigenvalue weighted by Crippen LogP contribution is -2.02. The summed E-state index contributed by atoms with van der Waals surface area (Å²) < 4.78 is 2.24. The minimum Gasteiger partial charge on any atom is -0.478 e. The first-order valence-corrected chi connectivity index (χ1v) is 9.40. The van der Waals surface area contributed by atoms with Gasteiger partial charge in [0, 0.05) is 22.1 Å². The second-order valence-electron chi connectivity index (χ2n) is 6.90. The predicted octanol–water partition coefficient (Wildman–Crippen LogP) is 6.23. The number of carboxylic acids is 1. The topological polar surface area (TPSA) is 54.3 Å². The number of aromatic carboxylic acids is 1. The second-order valence-corrected chi connectivity index (χ2v) is 6.90. The number of aromatic nitrogens is 1. The summed E-state index contributed by atoms with van der Waals surface area (Å²) in [7, 11) is 0. The van der Waals surface area contributed by atoms with Crippen LogP contribution in [0.3, 0.4) is 0 Å². The smallest absolute Gasteiger partial charge is 0.337 e. The third-order valence-corrected chi connectivity index (χ3v) is 5.12. The summed E-state index contributed by atoms with van der Waals surface area (Å²) in [6.07, 6.45) is 0. The number of para-hydroxylation sites is 3. The van der Waals surface area contributed by atoms with Gasteiger partial charge in [0.05, 0.1) is 22.3 Å². The lowest BCUT2D eigenvalue weighted by atomic mass is 10.1. The summed E-state index contributed by atoms with van der Waals surface area (Å²) in [6.45, 7) is 0. The van der Waals surface area contributed by atoms with Crippen LogP contribution in [0.5, 0.6) is 0 Å². The van der Waals surface area contributed by atoms with E-state index in [1.54, 1.807) is 18.2 Å². The number of rotatable bonds is 4. The normalized spacial score (nSPS) is 11.0. The number of hydrogen-bond donors (Lipinski definition) is 2. The van der Waals surface area contributed by atoms with Crippen molar-refractivity contribution in [3.05, 3.63) is 103 Å². The minimum absolute atomic E-state index is 0.245. The predicted molar refractivity (Wildman–Crippen MR) is 117 cm³/mol. The summed E-state index contributed by atoms with van der Waals surface area (Å²) in [4.78, 5) is 11.5. The van der Waals surface area contributed by atoms with Gasteiger partial charge in [0.25, 0.3) is 0 Å². The molecule has 0 bridgehead atoms. The van der Waals surface area contributed by atoms with Crippen LogP contribution in [0.4, 0.5) is 11.4 Å². The fourth-order valence-electron chi connectivity index (χ4n) is 3.86. The first-order chi connectivity index (χ1) is 14.2. The van der Waals surface area contributed by atoms with Crippen molar-refractivity contribution >= 4 is 39.1 Å². The Balaban J connectivity index is 1.65. The van der Waals surface area contributed by atoms with E-state index in [2.05, 4.69) is 52.3 Å². The Morgan fingerprint density at radius 1 is 0.724 bits per heavy atom. The lowest BCUT2D eigenvalue weighted by molar-refractivity contribution is 0.0698. The van der Waals surface area contributed by atoms with Crippen LogP contribution in [0.15, 0.2) is 97.1 Å². The van der Waals surface area contributed by atoms with Gasteiger partial charge in [-0.2, -0.15) is 0 Å². The molecule has 0 unspecified atom stereocenters. The summed E-state index contributed by atoms with van der Waals surface area (Å²) >= 11 is 0. The maximum Gasteiger partial charge on any atom is 0.337 e. The third kappa shape index (κ3) is 2.91. The highest BCUT2D eigenvalue weighted by Gasteiger charge is 2.13. The molecule has 0 amide bonds. The Morgan fingerprint density at radius 3 is 2.03 bits per heavy atom. The van der Waals surface area contributed by atoms with E-state index in [9.17, 15) is 9.90 Å². The average molecular weight is 378 g/mol. The molecule has 0 atom stereocenters. The molecule has 0 saturated carbocycles. The quantitative estimate of drug-likeness (QED) is 0.390. The molecule has 0 spiro atoms. The van der Waals surface area contributed by atoms with Crippen molar-refractivity contribution in [3.63, 3.8) is 0 Å². The Bertz CT molecular complexity index is 1310. The van der Waals surface area contributed by atoms with Gasteiger partial charge >= 0.3 is 5.97 Å². The van der Waals surface area contributed by atoms with E-state index in [0.29, 0.717) is 5.69 Å². The van der Waals surface area contributed by atoms with Gasteiger partial charge in [0.15, 0.2) is 0 Å². The highest BCUT2D eigenvalue weighted by molar-refractivity contribution is 6.09. The maximum atomic E-state index is 11.5. The molecule has 29 heavy (non-hydrogen) atoms. The van der Waals surface area contributed by atoms with E-state index < -0.39 is 5.97 Å². The van der Waals surface area contributed by atoms with Crippen LogP contribution < -0.4 is 5.32 Å². The van der Waals surface area contributed by atoms with Gasteiger partial charge in [-0.25, -0.2) is 4.79 Å². The summed E-state index contributed by atoms with van der Waals surface area (Å²) in [5.41, 5.74) is 4.93. The molecular weight excluding hydrogens is 360 g/mol. The highest BCUT2D eigenvalue weighted by atomic mass is 16.4. The number of fused-ring (bicyclic) bond motifs is 3. The molecule has 4 heteroatoms. The molecule has 0 saturated heterocycles. The van der Waals surface area contributed by atoms with Crippen LogP contribution in [0.2, 0.25) is 0 Å². The molecular formula is C25H18N2O2. The molecule has 5 rings (SSSR count). The number of hydrogen-bond acceptors (Lipinski definition) is 2. The first kappa shape index (κ1) is 17.1. The van der Waals surface area contributed by atoms with Crippen molar-refractivity contribution < 1.29 is 9.90 Å². The Labute approximate surface area is 167 Å². The number of nitrogens with one attached hydrogen (secondary N) is 1. The molecule has 4 aromatic carbocycles. The summed E-state index contributed by atoms with van der Waals surface area (Å²) in [5, 5.41) is 15.1. The lowest BCUT2D eigenvalue weighted by Gasteiger charge is -2.13. The molecule has 4 nitrogen and oxygen atoms in total. The number of anilines is 2. The van der Waals surface area contributed by atoms with E-state index in [1.807, 2.05) is 36.4 Å². The first-order valence-electron chi connectivity index (χ1n) is 9.40. The van der Waals surface area contributed by atoms with E-state index in [1.165, 1.54) is 10.8 Å². The van der Waals surface area contributed by atoms with Crippen molar-refractivity contribution in [2.75, 3.05) is 5.32 Å². The molecule has 140 valence electrons. The molecule has 5 aromatic rings. The van der Waals surface area contributed by atoms with Crippen LogP contribution in [0.1, 0.15) is 10.4 Å². The average Bonchev–Trinajstić information content (AvgIpc) is 3.09. The van der Waals surface area contributed by atoms with E-state index >= 15 is 0 Å². The summed E-state index contributed by atoms with van der Waals surface area (Å²) in [6, 6.07) is 31.7. The van der Waals surface area contributed by atoms with Gasteiger partial charge in [-0.3, -0.25) is 0 Å². The van der Waals surface area contributed by atoms with Gasteiger partial charge in [-0.1, -0.05) is 54.6 Å². The maximum absolute atomic E-state index is 11.5. The van der Waals surface area contributed by atoms with Gasteiger partial charge < -0.3 is 15.0 Å². The van der Waals surface area contributed by atoms with Crippen LogP contribution >= 0.6 is 0 Å². The zero-order valence-electron chi connectivity index (χ0n) is 15.5. The van der Waals surface area contributed by atoms with Crippen molar-refractivity contribution in [2.24, 2.45) is 0 Å². The molecule has 1 aromatic heterocycles. The molecule has 0 fully saturated rings. The third-order valence-electron chi connectivity index (χ3n) is 5.12. The Kier molecular flexibility index (Phi) is 4.03. The van der Waals surface area contributed by atoms with E-state index in [0.717, 1.165) is 22.4 Å². The van der Waals surface area contributed by atoms with Crippen LogP contribution in [-0.4, -0.2) is 15.6 Å². The molecule has 0 radical (unpaired) electrons. The van der Waals surface area contributed by atoms with Crippen LogP contribution in [-0.2, 0) is 0 Å². The SMILES string of the molecule is O=C(O)c1ccccc1Nc1cccc(-n2c3ccccc3c3ccccc32)c1. The molecule has 0 aliphatic carbocycles. The fraction of sp³-hybridized carbons (Fsp3) is 0.